The molecule has 0 saturated heterocycles. The largest absolute Gasteiger partial charge is 0.480 e. The van der Waals surface area contributed by atoms with Crippen LogP contribution in [0.1, 0.15) is 65.2 Å². The van der Waals surface area contributed by atoms with Crippen LogP contribution in [0.4, 0.5) is 0 Å². The number of ether oxygens (including phenoxy) is 2. The molecule has 0 bridgehead atoms. The molecule has 176 valence electrons. The van der Waals surface area contributed by atoms with E-state index in [0.29, 0.717) is 12.8 Å². The average Bonchev–Trinajstić information content (AvgIpc) is 2.68. The van der Waals surface area contributed by atoms with E-state index in [-0.39, 0.29) is 19.4 Å². The summed E-state index contributed by atoms with van der Waals surface area (Å²) >= 11 is 0. The number of unbranched alkanes of at least 4 members (excludes halogenated alkanes) is 4. The van der Waals surface area contributed by atoms with E-state index in [9.17, 15) is 23.8 Å². The number of nitrogens with two attached hydrogens (primary N) is 1. The summed E-state index contributed by atoms with van der Waals surface area (Å²) in [6, 6.07) is -1.51. The lowest BCUT2D eigenvalue weighted by Gasteiger charge is -2.20. The first kappa shape index (κ1) is 28.5. The third-order valence-corrected chi connectivity index (χ3v) is 4.81. The Morgan fingerprint density at radius 3 is 1.97 bits per heavy atom. The summed E-state index contributed by atoms with van der Waals surface area (Å²) in [5, 5.41) is 8.66. The zero-order chi connectivity index (χ0) is 23.0. The van der Waals surface area contributed by atoms with Gasteiger partial charge in [-0.25, -0.2) is 4.57 Å². The molecule has 12 heteroatoms. The van der Waals surface area contributed by atoms with Gasteiger partial charge in [-0.15, -0.1) is 0 Å². The minimum Gasteiger partial charge on any atom is -0.480 e. The van der Waals surface area contributed by atoms with E-state index in [4.69, 9.17) is 24.8 Å². The van der Waals surface area contributed by atoms with E-state index in [1.807, 2.05) is 13.8 Å². The lowest BCUT2D eigenvalue weighted by molar-refractivity contribution is -0.161. The first-order valence-corrected chi connectivity index (χ1v) is 11.6. The van der Waals surface area contributed by atoms with E-state index >= 15 is 0 Å². The smallest absolute Gasteiger partial charge is 0.472 e. The van der Waals surface area contributed by atoms with Gasteiger partial charge in [0.1, 0.15) is 12.6 Å². The molecule has 0 rings (SSSR count). The van der Waals surface area contributed by atoms with Crippen LogP contribution in [0.2, 0.25) is 0 Å². The molecule has 0 saturated carbocycles. The minimum absolute atomic E-state index is 0.148. The fraction of sp³-hybridized carbons (Fsp3) is 0.833. The van der Waals surface area contributed by atoms with Crippen molar-refractivity contribution in [3.05, 3.63) is 0 Å². The van der Waals surface area contributed by atoms with Gasteiger partial charge in [-0.1, -0.05) is 39.5 Å². The molecule has 11 nitrogen and oxygen atoms in total. The van der Waals surface area contributed by atoms with Gasteiger partial charge in [0.15, 0.2) is 6.10 Å². The van der Waals surface area contributed by atoms with Crippen LogP contribution in [0.3, 0.4) is 0 Å². The second-order valence-corrected chi connectivity index (χ2v) is 8.17. The molecular formula is C18H34NO10P. The highest BCUT2D eigenvalue weighted by Gasteiger charge is 2.28. The molecule has 0 aliphatic heterocycles. The minimum atomic E-state index is -4.65. The van der Waals surface area contributed by atoms with Gasteiger partial charge in [-0.05, 0) is 12.8 Å². The summed E-state index contributed by atoms with van der Waals surface area (Å²) in [5.41, 5.74) is 5.20. The number of rotatable bonds is 18. The number of carboxylic acids is 1. The van der Waals surface area contributed by atoms with Crippen LogP contribution < -0.4 is 5.73 Å². The second kappa shape index (κ2) is 16.2. The molecule has 0 aliphatic carbocycles. The molecule has 0 aliphatic rings. The molecular weight excluding hydrogens is 421 g/mol. The van der Waals surface area contributed by atoms with Crippen LogP contribution in [0.15, 0.2) is 0 Å². The lowest BCUT2D eigenvalue weighted by Crippen LogP contribution is -2.34. The van der Waals surface area contributed by atoms with Crippen molar-refractivity contribution >= 4 is 25.7 Å². The predicted molar refractivity (Wildman–Crippen MR) is 106 cm³/mol. The third kappa shape index (κ3) is 15.3. The first-order valence-electron chi connectivity index (χ1n) is 10.1. The van der Waals surface area contributed by atoms with Gasteiger partial charge in [0.05, 0.1) is 13.2 Å². The van der Waals surface area contributed by atoms with Crippen molar-refractivity contribution in [2.75, 3.05) is 19.8 Å². The molecule has 0 amide bonds. The van der Waals surface area contributed by atoms with Crippen LogP contribution >= 0.6 is 7.82 Å². The molecule has 0 aromatic carbocycles. The predicted octanol–water partition coefficient (Wildman–Crippen LogP) is 2.15. The quantitative estimate of drug-likeness (QED) is 0.157. The van der Waals surface area contributed by atoms with Crippen molar-refractivity contribution < 1.29 is 47.5 Å². The number of hydrogen-bond donors (Lipinski definition) is 3. The normalized spacial score (nSPS) is 15.1. The Bertz CT molecular complexity index is 571. The molecule has 0 aromatic rings. The van der Waals surface area contributed by atoms with Gasteiger partial charge < -0.3 is 25.2 Å². The maximum absolute atomic E-state index is 11.9. The average molecular weight is 455 g/mol. The number of aliphatic carboxylic acids is 1. The number of hydrogen-bond acceptors (Lipinski definition) is 9. The van der Waals surface area contributed by atoms with Crippen molar-refractivity contribution in [1.29, 1.82) is 0 Å². The lowest BCUT2D eigenvalue weighted by atomic mass is 10.2. The van der Waals surface area contributed by atoms with E-state index in [2.05, 4.69) is 4.52 Å². The number of carbonyl (C=O) groups is 3. The monoisotopic (exact) mass is 455 g/mol. The maximum Gasteiger partial charge on any atom is 0.472 e. The maximum atomic E-state index is 11.9. The highest BCUT2D eigenvalue weighted by Crippen LogP contribution is 2.43. The van der Waals surface area contributed by atoms with Crippen molar-refractivity contribution in [3.63, 3.8) is 0 Å². The molecule has 4 N–H and O–H groups in total. The van der Waals surface area contributed by atoms with E-state index < -0.39 is 51.1 Å². The van der Waals surface area contributed by atoms with Gasteiger partial charge in [0.2, 0.25) is 0 Å². The molecule has 1 unspecified atom stereocenters. The van der Waals surface area contributed by atoms with Crippen LogP contribution in [0.5, 0.6) is 0 Å². The summed E-state index contributed by atoms with van der Waals surface area (Å²) in [6.45, 7) is 2.29. The van der Waals surface area contributed by atoms with Gasteiger partial charge in [-0.2, -0.15) is 0 Å². The number of carbonyl (C=O) groups excluding carboxylic acids is 2. The summed E-state index contributed by atoms with van der Waals surface area (Å²) in [6.07, 6.45) is 4.09. The van der Waals surface area contributed by atoms with E-state index in [1.54, 1.807) is 0 Å². The van der Waals surface area contributed by atoms with Crippen LogP contribution in [0, 0.1) is 0 Å². The Kier molecular flexibility index (Phi) is 15.4. The number of phosphoric ester groups is 1. The van der Waals surface area contributed by atoms with Crippen molar-refractivity contribution in [2.45, 2.75) is 77.4 Å². The number of phosphoric acid groups is 1. The number of esters is 2. The van der Waals surface area contributed by atoms with Crippen LogP contribution in [0.25, 0.3) is 0 Å². The highest BCUT2D eigenvalue weighted by molar-refractivity contribution is 7.47. The molecule has 0 radical (unpaired) electrons. The Hall–Kier alpha value is -1.52. The highest BCUT2D eigenvalue weighted by atomic mass is 31.2. The molecule has 0 aromatic heterocycles. The molecule has 0 fully saturated rings. The fourth-order valence-electron chi connectivity index (χ4n) is 2.12. The Labute approximate surface area is 176 Å². The summed E-state index contributed by atoms with van der Waals surface area (Å²) in [7, 11) is -4.65. The van der Waals surface area contributed by atoms with E-state index in [0.717, 1.165) is 25.7 Å². The van der Waals surface area contributed by atoms with Crippen LogP contribution in [-0.4, -0.2) is 59.9 Å². The Morgan fingerprint density at radius 1 is 0.900 bits per heavy atom. The fourth-order valence-corrected chi connectivity index (χ4v) is 2.90. The Balaban J connectivity index is 4.68. The molecule has 0 heterocycles. The molecule has 3 atom stereocenters. The topological polar surface area (TPSA) is 172 Å². The molecule has 0 spiro atoms. The van der Waals surface area contributed by atoms with Crippen molar-refractivity contribution in [1.82, 2.24) is 0 Å². The number of carboxylic acid groups (broad SMARTS) is 1. The van der Waals surface area contributed by atoms with E-state index in [1.165, 1.54) is 0 Å². The molecule has 30 heavy (non-hydrogen) atoms. The van der Waals surface area contributed by atoms with Crippen molar-refractivity contribution in [2.24, 2.45) is 5.73 Å². The third-order valence-electron chi connectivity index (χ3n) is 3.86. The van der Waals surface area contributed by atoms with Gasteiger partial charge in [0, 0.05) is 12.8 Å². The zero-order valence-electron chi connectivity index (χ0n) is 17.6. The second-order valence-electron chi connectivity index (χ2n) is 6.71. The van der Waals surface area contributed by atoms with Gasteiger partial charge >= 0.3 is 25.7 Å². The summed E-state index contributed by atoms with van der Waals surface area (Å²) < 4.78 is 31.4. The van der Waals surface area contributed by atoms with Gasteiger partial charge in [-0.3, -0.25) is 23.4 Å². The zero-order valence-corrected chi connectivity index (χ0v) is 18.5. The van der Waals surface area contributed by atoms with Crippen LogP contribution in [-0.2, 0) is 37.5 Å². The van der Waals surface area contributed by atoms with Gasteiger partial charge in [0.25, 0.3) is 0 Å². The Morgan fingerprint density at radius 2 is 1.43 bits per heavy atom. The standard InChI is InChI=1S/C18H34NO10P/c1-3-5-7-9-16(20)26-11-14(29-17(21)10-8-6-4-2)12-27-30(24,25)28-13-15(19)18(22)23/h14-15H,3-13,19H2,1-2H3,(H,22,23)(H,24,25)/t14-,15+/m0/s1. The van der Waals surface area contributed by atoms with Crippen molar-refractivity contribution in [3.8, 4) is 0 Å². The SMILES string of the molecule is CCCCCC(=O)OC[C@@H](COP(=O)(O)OC[C@@H](N)C(=O)O)OC(=O)CCCCC. The summed E-state index contributed by atoms with van der Waals surface area (Å²) in [5.74, 6) is -2.45. The summed E-state index contributed by atoms with van der Waals surface area (Å²) in [4.78, 5) is 44.0. The first-order chi connectivity index (χ1) is 14.1.